The minimum atomic E-state index is -1.12. The standard InChI is InChI=1S/C5H6N2O3/c8-4-1-3(5(9)10)6-2-7-4/h1,6H,2H2,(H,7,8)(H,9,10). The Balaban J connectivity index is 2.75. The summed E-state index contributed by atoms with van der Waals surface area (Å²) in [6.45, 7) is 0.178. The van der Waals surface area contributed by atoms with Gasteiger partial charge in [-0.25, -0.2) is 4.79 Å². The molecule has 3 N–H and O–H groups in total. The Hall–Kier alpha value is -1.52. The maximum Gasteiger partial charge on any atom is 0.352 e. The molecule has 0 aliphatic carbocycles. The predicted molar refractivity (Wildman–Crippen MR) is 31.9 cm³/mol. The first kappa shape index (κ1) is 6.60. The Morgan fingerprint density at radius 3 is 2.70 bits per heavy atom. The third-order valence-corrected chi connectivity index (χ3v) is 1.05. The molecule has 0 aromatic carbocycles. The van der Waals surface area contributed by atoms with E-state index in [9.17, 15) is 9.59 Å². The van der Waals surface area contributed by atoms with Gasteiger partial charge in [0.2, 0.25) is 5.91 Å². The highest BCUT2D eigenvalue weighted by Crippen LogP contribution is 1.91. The molecule has 0 saturated heterocycles. The van der Waals surface area contributed by atoms with Crippen LogP contribution in [0.5, 0.6) is 0 Å². The van der Waals surface area contributed by atoms with E-state index in [1.807, 2.05) is 0 Å². The largest absolute Gasteiger partial charge is 0.477 e. The lowest BCUT2D eigenvalue weighted by molar-refractivity contribution is -0.133. The van der Waals surface area contributed by atoms with Crippen LogP contribution in [-0.4, -0.2) is 23.7 Å². The molecule has 0 bridgehead atoms. The van der Waals surface area contributed by atoms with Crippen LogP contribution in [0, 0.1) is 0 Å². The summed E-state index contributed by atoms with van der Waals surface area (Å²) < 4.78 is 0. The predicted octanol–water partition coefficient (Wildman–Crippen LogP) is -1.37. The number of rotatable bonds is 1. The van der Waals surface area contributed by atoms with Crippen LogP contribution in [0.2, 0.25) is 0 Å². The first-order chi connectivity index (χ1) is 4.70. The van der Waals surface area contributed by atoms with E-state index in [1.165, 1.54) is 0 Å². The van der Waals surface area contributed by atoms with Gasteiger partial charge in [-0.15, -0.1) is 0 Å². The van der Waals surface area contributed by atoms with Gasteiger partial charge in [0.1, 0.15) is 5.70 Å². The lowest BCUT2D eigenvalue weighted by atomic mass is 10.3. The lowest BCUT2D eigenvalue weighted by Gasteiger charge is -2.12. The summed E-state index contributed by atoms with van der Waals surface area (Å²) in [5.74, 6) is -1.49. The molecule has 54 valence electrons. The quantitative estimate of drug-likeness (QED) is 0.422. The maximum atomic E-state index is 10.5. The summed E-state index contributed by atoms with van der Waals surface area (Å²) in [5.41, 5.74) is -0.0660. The van der Waals surface area contributed by atoms with E-state index in [1.54, 1.807) is 0 Å². The summed E-state index contributed by atoms with van der Waals surface area (Å²) in [6, 6.07) is 0. The van der Waals surface area contributed by atoms with Crippen molar-refractivity contribution in [3.05, 3.63) is 11.8 Å². The van der Waals surface area contributed by atoms with Crippen molar-refractivity contribution in [2.24, 2.45) is 0 Å². The molecule has 0 atom stereocenters. The monoisotopic (exact) mass is 142 g/mol. The Morgan fingerprint density at radius 2 is 2.30 bits per heavy atom. The van der Waals surface area contributed by atoms with Crippen LogP contribution < -0.4 is 10.6 Å². The molecule has 0 aromatic heterocycles. The molecule has 0 radical (unpaired) electrons. The molecule has 10 heavy (non-hydrogen) atoms. The van der Waals surface area contributed by atoms with Crippen LogP contribution >= 0.6 is 0 Å². The summed E-state index contributed by atoms with van der Waals surface area (Å²) in [5, 5.41) is 13.2. The van der Waals surface area contributed by atoms with E-state index in [4.69, 9.17) is 5.11 Å². The van der Waals surface area contributed by atoms with Crippen LogP contribution in [0.4, 0.5) is 0 Å². The second kappa shape index (κ2) is 2.38. The van der Waals surface area contributed by atoms with Crippen LogP contribution in [0.1, 0.15) is 0 Å². The Labute approximate surface area is 56.7 Å². The van der Waals surface area contributed by atoms with Gasteiger partial charge in [0.25, 0.3) is 0 Å². The summed E-state index contributed by atoms with van der Waals surface area (Å²) >= 11 is 0. The smallest absolute Gasteiger partial charge is 0.352 e. The first-order valence-electron chi connectivity index (χ1n) is 2.67. The van der Waals surface area contributed by atoms with Gasteiger partial charge in [0.15, 0.2) is 0 Å². The van der Waals surface area contributed by atoms with Gasteiger partial charge < -0.3 is 15.7 Å². The average molecular weight is 142 g/mol. The van der Waals surface area contributed by atoms with Crippen molar-refractivity contribution in [3.63, 3.8) is 0 Å². The highest BCUT2D eigenvalue weighted by Gasteiger charge is 2.12. The molecule has 0 spiro atoms. The molecule has 0 fully saturated rings. The minimum Gasteiger partial charge on any atom is -0.477 e. The normalized spacial score (nSPS) is 16.8. The molecule has 1 amide bonds. The Morgan fingerprint density at radius 1 is 1.60 bits per heavy atom. The topological polar surface area (TPSA) is 78.4 Å². The fourth-order valence-corrected chi connectivity index (χ4v) is 0.597. The van der Waals surface area contributed by atoms with Crippen molar-refractivity contribution in [1.82, 2.24) is 10.6 Å². The fourth-order valence-electron chi connectivity index (χ4n) is 0.597. The maximum absolute atomic E-state index is 10.5. The van der Waals surface area contributed by atoms with Crippen molar-refractivity contribution in [1.29, 1.82) is 0 Å². The number of carboxylic acid groups (broad SMARTS) is 1. The number of carbonyl (C=O) groups excluding carboxylic acids is 1. The minimum absolute atomic E-state index is 0.0660. The zero-order valence-corrected chi connectivity index (χ0v) is 5.05. The summed E-state index contributed by atoms with van der Waals surface area (Å²) in [6.07, 6.45) is 1.01. The number of hydrogen-bond acceptors (Lipinski definition) is 3. The van der Waals surface area contributed by atoms with Gasteiger partial charge in [0, 0.05) is 6.08 Å². The van der Waals surface area contributed by atoms with Crippen LogP contribution in [0.15, 0.2) is 11.8 Å². The van der Waals surface area contributed by atoms with Crippen molar-refractivity contribution in [3.8, 4) is 0 Å². The van der Waals surface area contributed by atoms with Gasteiger partial charge >= 0.3 is 5.97 Å². The van der Waals surface area contributed by atoms with E-state index >= 15 is 0 Å². The number of nitrogens with one attached hydrogen (secondary N) is 2. The molecule has 1 aliphatic rings. The van der Waals surface area contributed by atoms with E-state index < -0.39 is 5.97 Å². The second-order valence-corrected chi connectivity index (χ2v) is 1.76. The van der Waals surface area contributed by atoms with E-state index in [0.29, 0.717) is 0 Å². The molecule has 5 heteroatoms. The first-order valence-corrected chi connectivity index (χ1v) is 2.67. The van der Waals surface area contributed by atoms with Crippen molar-refractivity contribution in [2.75, 3.05) is 6.67 Å². The molecule has 0 unspecified atom stereocenters. The van der Waals surface area contributed by atoms with Gasteiger partial charge in [-0.3, -0.25) is 4.79 Å². The molecule has 1 heterocycles. The van der Waals surface area contributed by atoms with Gasteiger partial charge in [-0.05, 0) is 0 Å². The fraction of sp³-hybridized carbons (Fsp3) is 0.200. The highest BCUT2D eigenvalue weighted by molar-refractivity contribution is 5.98. The lowest BCUT2D eigenvalue weighted by Crippen LogP contribution is -2.39. The average Bonchev–Trinajstić information content (AvgIpc) is 1.88. The molecule has 0 saturated carbocycles. The van der Waals surface area contributed by atoms with E-state index in [0.717, 1.165) is 6.08 Å². The third-order valence-electron chi connectivity index (χ3n) is 1.05. The van der Waals surface area contributed by atoms with Crippen molar-refractivity contribution < 1.29 is 14.7 Å². The van der Waals surface area contributed by atoms with Gasteiger partial charge in [-0.2, -0.15) is 0 Å². The molecule has 0 aromatic rings. The summed E-state index contributed by atoms with van der Waals surface area (Å²) in [4.78, 5) is 20.7. The second-order valence-electron chi connectivity index (χ2n) is 1.76. The molecular weight excluding hydrogens is 136 g/mol. The van der Waals surface area contributed by atoms with E-state index in [2.05, 4.69) is 10.6 Å². The van der Waals surface area contributed by atoms with Crippen molar-refractivity contribution >= 4 is 11.9 Å². The molecule has 1 rings (SSSR count). The number of carboxylic acids is 1. The zero-order valence-electron chi connectivity index (χ0n) is 5.05. The molecular formula is C5H6N2O3. The van der Waals surface area contributed by atoms with Crippen molar-refractivity contribution in [2.45, 2.75) is 0 Å². The SMILES string of the molecule is O=C1C=C(C(=O)O)NCN1. The highest BCUT2D eigenvalue weighted by atomic mass is 16.4. The Bertz CT molecular complexity index is 209. The number of carbonyl (C=O) groups is 2. The number of aliphatic carboxylic acids is 1. The molecule has 5 nitrogen and oxygen atoms in total. The summed E-state index contributed by atoms with van der Waals surface area (Å²) in [7, 11) is 0. The van der Waals surface area contributed by atoms with E-state index in [-0.39, 0.29) is 18.3 Å². The Kier molecular flexibility index (Phi) is 1.57. The van der Waals surface area contributed by atoms with Gasteiger partial charge in [0.05, 0.1) is 6.67 Å². The molecule has 1 aliphatic heterocycles. The van der Waals surface area contributed by atoms with Crippen LogP contribution in [-0.2, 0) is 9.59 Å². The van der Waals surface area contributed by atoms with Crippen LogP contribution in [0.25, 0.3) is 0 Å². The number of amides is 1. The van der Waals surface area contributed by atoms with Gasteiger partial charge in [-0.1, -0.05) is 0 Å². The van der Waals surface area contributed by atoms with Crippen LogP contribution in [0.3, 0.4) is 0 Å². The zero-order chi connectivity index (χ0) is 7.56. The number of hydrogen-bond donors (Lipinski definition) is 3. The third kappa shape index (κ3) is 1.25.